The molecule has 0 aliphatic rings. The van der Waals surface area contributed by atoms with Gasteiger partial charge in [0.2, 0.25) is 0 Å². The van der Waals surface area contributed by atoms with Gasteiger partial charge in [0.1, 0.15) is 5.00 Å². The molecule has 0 bridgehead atoms. The maximum atomic E-state index is 13.4. The van der Waals surface area contributed by atoms with Gasteiger partial charge in [-0.1, -0.05) is 35.3 Å². The second-order valence-electron chi connectivity index (χ2n) is 6.55. The first-order valence-corrected chi connectivity index (χ1v) is 11.1. The lowest BCUT2D eigenvalue weighted by atomic mass is 10.2. The maximum absolute atomic E-state index is 13.4. The van der Waals surface area contributed by atoms with Crippen molar-refractivity contribution in [1.29, 1.82) is 0 Å². The lowest BCUT2D eigenvalue weighted by molar-refractivity contribution is 0.0520. The molecule has 0 aliphatic heterocycles. The highest BCUT2D eigenvalue weighted by Gasteiger charge is 2.23. The minimum atomic E-state index is -0.679. The van der Waals surface area contributed by atoms with Gasteiger partial charge in [0.15, 0.2) is 5.69 Å². The van der Waals surface area contributed by atoms with Crippen LogP contribution in [0.3, 0.4) is 0 Å². The molecule has 0 saturated heterocycles. The van der Waals surface area contributed by atoms with Crippen LogP contribution in [0, 0.1) is 0 Å². The number of aromatic nitrogens is 2. The lowest BCUT2D eigenvalue weighted by Gasteiger charge is -2.10. The van der Waals surface area contributed by atoms with Gasteiger partial charge in [0, 0.05) is 15.8 Å². The normalized spacial score (nSPS) is 10.8. The Labute approximate surface area is 196 Å². The van der Waals surface area contributed by atoms with Gasteiger partial charge in [-0.3, -0.25) is 9.59 Å². The monoisotopic (exact) mass is 487 g/mol. The van der Waals surface area contributed by atoms with Crippen LogP contribution in [0.2, 0.25) is 10.0 Å². The zero-order chi connectivity index (χ0) is 22.8. The summed E-state index contributed by atoms with van der Waals surface area (Å²) in [5, 5.41) is 10.0. The van der Waals surface area contributed by atoms with Crippen molar-refractivity contribution in [3.63, 3.8) is 0 Å². The van der Waals surface area contributed by atoms with Crippen molar-refractivity contribution >= 4 is 62.2 Å². The van der Waals surface area contributed by atoms with E-state index in [-0.39, 0.29) is 38.7 Å². The van der Waals surface area contributed by atoms with Crippen molar-refractivity contribution in [3.05, 3.63) is 85.6 Å². The topological polar surface area (TPSA) is 90.3 Å². The summed E-state index contributed by atoms with van der Waals surface area (Å²) in [4.78, 5) is 38.7. The summed E-state index contributed by atoms with van der Waals surface area (Å²) in [6.45, 7) is 1.81. The molecule has 2 aromatic heterocycles. The van der Waals surface area contributed by atoms with Crippen molar-refractivity contribution in [2.75, 3.05) is 11.9 Å². The number of nitrogens with one attached hydrogen (secondary N) is 1. The van der Waals surface area contributed by atoms with E-state index in [1.54, 1.807) is 60.8 Å². The first kappa shape index (κ1) is 22.0. The Morgan fingerprint density at radius 1 is 1.12 bits per heavy atom. The van der Waals surface area contributed by atoms with Gasteiger partial charge in [-0.15, -0.1) is 11.3 Å². The largest absolute Gasteiger partial charge is 0.461 e. The number of rotatable bonds is 5. The number of ether oxygens (including phenoxy) is 1. The van der Waals surface area contributed by atoms with Crippen LogP contribution in [0.15, 0.2) is 58.7 Å². The second kappa shape index (κ2) is 9.12. The number of anilines is 1. The molecule has 4 aromatic rings. The molecule has 0 spiro atoms. The maximum Gasteiger partial charge on any atom is 0.359 e. The number of hydrogen-bond donors (Lipinski definition) is 1. The highest BCUT2D eigenvalue weighted by atomic mass is 35.5. The van der Waals surface area contributed by atoms with Gasteiger partial charge in [0.05, 0.1) is 28.3 Å². The van der Waals surface area contributed by atoms with E-state index >= 15 is 0 Å². The van der Waals surface area contributed by atoms with E-state index in [2.05, 4.69) is 10.4 Å². The third kappa shape index (κ3) is 4.12. The minimum Gasteiger partial charge on any atom is -0.461 e. The van der Waals surface area contributed by atoms with Gasteiger partial charge < -0.3 is 10.1 Å². The Kier molecular flexibility index (Phi) is 6.27. The number of carbonyl (C=O) groups excluding carboxylic acids is 2. The van der Waals surface area contributed by atoms with Gasteiger partial charge in [-0.25, -0.2) is 4.79 Å². The fraction of sp³-hybridized carbons (Fsp3) is 0.0909. The van der Waals surface area contributed by atoms with Crippen LogP contribution < -0.4 is 10.9 Å². The van der Waals surface area contributed by atoms with E-state index in [9.17, 15) is 14.4 Å². The average molecular weight is 488 g/mol. The van der Waals surface area contributed by atoms with Gasteiger partial charge in [-0.2, -0.15) is 9.78 Å². The lowest BCUT2D eigenvalue weighted by Crippen LogP contribution is -2.25. The van der Waals surface area contributed by atoms with Gasteiger partial charge in [0.25, 0.3) is 11.5 Å². The summed E-state index contributed by atoms with van der Waals surface area (Å²) >= 11 is 13.2. The van der Waals surface area contributed by atoms with Crippen LogP contribution in [0.1, 0.15) is 27.8 Å². The molecule has 0 unspecified atom stereocenters. The summed E-state index contributed by atoms with van der Waals surface area (Å²) in [6, 6.07) is 13.0. The smallest absolute Gasteiger partial charge is 0.359 e. The van der Waals surface area contributed by atoms with E-state index < -0.39 is 17.4 Å². The molecule has 0 radical (unpaired) electrons. The second-order valence-corrected chi connectivity index (χ2v) is 8.27. The number of fused-ring (bicyclic) bond motifs is 1. The summed E-state index contributed by atoms with van der Waals surface area (Å²) < 4.78 is 6.21. The van der Waals surface area contributed by atoms with Crippen molar-refractivity contribution in [2.45, 2.75) is 6.92 Å². The van der Waals surface area contributed by atoms with Crippen molar-refractivity contribution in [3.8, 4) is 5.69 Å². The zero-order valence-corrected chi connectivity index (χ0v) is 18.9. The molecule has 2 heterocycles. The van der Waals surface area contributed by atoms with Crippen LogP contribution >= 0.6 is 34.5 Å². The molecule has 10 heteroatoms. The number of halogens is 2. The van der Waals surface area contributed by atoms with Crippen LogP contribution in [0.5, 0.6) is 0 Å². The SMILES string of the molecule is CCOC(=O)c1nn(-c2ccc(Cl)cc2)c(=O)c2c(NC(=O)c3ccccc3Cl)scc12. The number of nitrogens with zero attached hydrogens (tertiary/aromatic N) is 2. The first-order chi connectivity index (χ1) is 15.4. The summed E-state index contributed by atoms with van der Waals surface area (Å²) in [5.41, 5.74) is 0.117. The molecule has 0 fully saturated rings. The standard InChI is InChI=1S/C22H15Cl2N3O4S/c1-2-31-22(30)18-15-11-32-20(25-19(28)14-5-3-4-6-16(14)24)17(15)21(29)27(26-18)13-9-7-12(23)8-10-13/h3-11H,2H2,1H3,(H,25,28). The number of carbonyl (C=O) groups is 2. The number of hydrogen-bond acceptors (Lipinski definition) is 6. The number of amides is 1. The van der Waals surface area contributed by atoms with E-state index in [1.807, 2.05) is 0 Å². The molecule has 0 atom stereocenters. The number of esters is 1. The first-order valence-electron chi connectivity index (χ1n) is 9.44. The van der Waals surface area contributed by atoms with Crippen molar-refractivity contribution in [1.82, 2.24) is 9.78 Å². The van der Waals surface area contributed by atoms with Gasteiger partial charge >= 0.3 is 5.97 Å². The minimum absolute atomic E-state index is 0.0362. The van der Waals surface area contributed by atoms with E-state index in [0.29, 0.717) is 10.7 Å². The molecule has 0 aliphatic carbocycles. The molecular weight excluding hydrogens is 473 g/mol. The Balaban J connectivity index is 1.89. The van der Waals surface area contributed by atoms with Crippen LogP contribution in [-0.4, -0.2) is 28.3 Å². The predicted octanol–water partition coefficient (Wildman–Crippen LogP) is 5.18. The molecular formula is C22H15Cl2N3O4S. The fourth-order valence-corrected chi connectivity index (χ4v) is 4.34. The summed E-state index contributed by atoms with van der Waals surface area (Å²) in [6.07, 6.45) is 0. The molecule has 2 aromatic carbocycles. The third-order valence-corrected chi connectivity index (χ3v) is 6.01. The highest BCUT2D eigenvalue weighted by molar-refractivity contribution is 7.16. The van der Waals surface area contributed by atoms with E-state index in [4.69, 9.17) is 27.9 Å². The predicted molar refractivity (Wildman–Crippen MR) is 126 cm³/mol. The summed E-state index contributed by atoms with van der Waals surface area (Å²) in [5.74, 6) is -1.16. The Morgan fingerprint density at radius 2 is 1.84 bits per heavy atom. The molecule has 7 nitrogen and oxygen atoms in total. The highest BCUT2D eigenvalue weighted by Crippen LogP contribution is 2.31. The summed E-state index contributed by atoms with van der Waals surface area (Å²) in [7, 11) is 0. The van der Waals surface area contributed by atoms with Crippen LogP contribution in [0.4, 0.5) is 5.00 Å². The molecule has 4 rings (SSSR count). The zero-order valence-electron chi connectivity index (χ0n) is 16.6. The Hall–Kier alpha value is -3.20. The molecule has 32 heavy (non-hydrogen) atoms. The molecule has 0 saturated carbocycles. The number of benzene rings is 2. The van der Waals surface area contributed by atoms with Crippen molar-refractivity contribution < 1.29 is 14.3 Å². The Morgan fingerprint density at radius 3 is 2.53 bits per heavy atom. The molecule has 162 valence electrons. The van der Waals surface area contributed by atoms with E-state index in [0.717, 1.165) is 16.0 Å². The number of thiophene rings is 1. The average Bonchev–Trinajstić information content (AvgIpc) is 3.19. The van der Waals surface area contributed by atoms with E-state index in [1.165, 1.54) is 0 Å². The fourth-order valence-electron chi connectivity index (χ4n) is 3.07. The Bertz CT molecular complexity index is 1400. The van der Waals surface area contributed by atoms with Crippen LogP contribution in [0.25, 0.3) is 16.5 Å². The van der Waals surface area contributed by atoms with Crippen molar-refractivity contribution in [2.24, 2.45) is 0 Å². The quantitative estimate of drug-likeness (QED) is 0.391. The third-order valence-electron chi connectivity index (χ3n) is 4.54. The molecule has 1 amide bonds. The molecule has 1 N–H and O–H groups in total. The van der Waals surface area contributed by atoms with Gasteiger partial charge in [-0.05, 0) is 43.3 Å². The van der Waals surface area contributed by atoms with Crippen LogP contribution in [-0.2, 0) is 4.74 Å².